The molecule has 1 aliphatic rings. The molecule has 1 aromatic heterocycles. The third-order valence-corrected chi connectivity index (χ3v) is 7.60. The van der Waals surface area contributed by atoms with Gasteiger partial charge in [0.2, 0.25) is 5.91 Å². The highest BCUT2D eigenvalue weighted by molar-refractivity contribution is 7.10. The quantitative estimate of drug-likeness (QED) is 0.348. The van der Waals surface area contributed by atoms with Crippen molar-refractivity contribution in [2.24, 2.45) is 0 Å². The molecular formula is C30H38N2O4S. The van der Waals surface area contributed by atoms with Gasteiger partial charge in [-0.05, 0) is 66.6 Å². The van der Waals surface area contributed by atoms with E-state index in [1.54, 1.807) is 11.3 Å². The lowest BCUT2D eigenvalue weighted by Gasteiger charge is -2.37. The number of aliphatic hydroxyl groups is 1. The van der Waals surface area contributed by atoms with Crippen molar-refractivity contribution in [3.05, 3.63) is 87.6 Å². The molecule has 3 aromatic rings. The molecule has 0 spiro atoms. The second kappa shape index (κ2) is 13.7. The number of aliphatic hydroxyl groups excluding tert-OH is 1. The normalized spacial score (nSPS) is 16.0. The highest BCUT2D eigenvalue weighted by Crippen LogP contribution is 2.34. The van der Waals surface area contributed by atoms with Crippen molar-refractivity contribution in [3.8, 4) is 5.75 Å². The summed E-state index contributed by atoms with van der Waals surface area (Å²) in [4.78, 5) is 18.9. The van der Waals surface area contributed by atoms with Gasteiger partial charge in [-0.25, -0.2) is 0 Å². The van der Waals surface area contributed by atoms with E-state index in [1.165, 1.54) is 10.4 Å². The van der Waals surface area contributed by atoms with Gasteiger partial charge in [0.05, 0.1) is 31.9 Å². The molecule has 0 aliphatic carbocycles. The number of benzene rings is 2. The number of aryl methyl sites for hydroxylation is 1. The first kappa shape index (κ1) is 27.3. The number of nitrogens with zero attached hydrogens (tertiary/aromatic N) is 2. The van der Waals surface area contributed by atoms with Crippen LogP contribution in [-0.2, 0) is 22.6 Å². The Balaban J connectivity index is 1.35. The van der Waals surface area contributed by atoms with Gasteiger partial charge in [-0.2, -0.15) is 0 Å². The zero-order chi connectivity index (χ0) is 26.0. The van der Waals surface area contributed by atoms with E-state index >= 15 is 0 Å². The molecule has 4 rings (SSSR count). The summed E-state index contributed by atoms with van der Waals surface area (Å²) in [6.07, 6.45) is 1.11. The topological polar surface area (TPSA) is 62.2 Å². The minimum atomic E-state index is -0.659. The monoisotopic (exact) mass is 522 g/mol. The number of fused-ring (bicyclic) bond motifs is 1. The molecule has 0 saturated carbocycles. The Bertz CT molecular complexity index is 1120. The Labute approximate surface area is 224 Å². The van der Waals surface area contributed by atoms with Gasteiger partial charge >= 0.3 is 0 Å². The lowest BCUT2D eigenvalue weighted by Crippen LogP contribution is -2.48. The van der Waals surface area contributed by atoms with Gasteiger partial charge in [0.25, 0.3) is 0 Å². The minimum absolute atomic E-state index is 0.0700. The average Bonchev–Trinajstić information content (AvgIpc) is 3.37. The predicted molar refractivity (Wildman–Crippen MR) is 148 cm³/mol. The molecule has 1 amide bonds. The summed E-state index contributed by atoms with van der Waals surface area (Å²) in [6, 6.07) is 20.0. The van der Waals surface area contributed by atoms with Gasteiger partial charge in [-0.1, -0.05) is 49.4 Å². The molecule has 7 heteroatoms. The maximum Gasteiger partial charge on any atom is 0.237 e. The Morgan fingerprint density at radius 2 is 2.03 bits per heavy atom. The Kier molecular flexibility index (Phi) is 10.1. The second-order valence-electron chi connectivity index (χ2n) is 9.67. The SMILES string of the molecule is CCCN(CC(=O)N1CCc2sccc2[C@H]1COc1cccc(C)c1)C[C@H](O)COCc1ccccc1. The van der Waals surface area contributed by atoms with E-state index in [-0.39, 0.29) is 25.1 Å². The maximum atomic E-state index is 13.6. The third-order valence-electron chi connectivity index (χ3n) is 6.60. The van der Waals surface area contributed by atoms with Crippen molar-refractivity contribution in [1.29, 1.82) is 0 Å². The fraction of sp³-hybridized carbons (Fsp3) is 0.433. The Hall–Kier alpha value is -2.71. The van der Waals surface area contributed by atoms with Crippen molar-refractivity contribution < 1.29 is 19.4 Å². The predicted octanol–water partition coefficient (Wildman–Crippen LogP) is 4.85. The molecule has 198 valence electrons. The van der Waals surface area contributed by atoms with Crippen molar-refractivity contribution in [2.45, 2.75) is 45.4 Å². The third kappa shape index (κ3) is 7.89. The largest absolute Gasteiger partial charge is 0.491 e. The minimum Gasteiger partial charge on any atom is -0.491 e. The van der Waals surface area contributed by atoms with Gasteiger partial charge in [-0.3, -0.25) is 9.69 Å². The summed E-state index contributed by atoms with van der Waals surface area (Å²) in [7, 11) is 0. The van der Waals surface area contributed by atoms with Gasteiger partial charge in [0.1, 0.15) is 12.4 Å². The average molecular weight is 523 g/mol. The molecular weight excluding hydrogens is 484 g/mol. The summed E-state index contributed by atoms with van der Waals surface area (Å²) in [5.74, 6) is 0.890. The van der Waals surface area contributed by atoms with E-state index in [2.05, 4.69) is 18.4 Å². The number of amides is 1. The molecule has 0 radical (unpaired) electrons. The second-order valence-corrected chi connectivity index (χ2v) is 10.7. The van der Waals surface area contributed by atoms with Crippen molar-refractivity contribution >= 4 is 17.2 Å². The number of rotatable bonds is 13. The van der Waals surface area contributed by atoms with Gasteiger partial charge in [-0.15, -0.1) is 11.3 Å². The number of carbonyl (C=O) groups excluding carboxylic acids is 1. The Morgan fingerprint density at radius 3 is 2.81 bits per heavy atom. The standard InChI is InChI=1S/C30H38N2O4S/c1-3-14-31(18-25(33)21-35-20-24-9-5-4-6-10-24)19-30(34)32-15-12-29-27(13-16-37-29)28(32)22-36-26-11-7-8-23(2)17-26/h4-11,13,16-17,25,28,33H,3,12,14-15,18-22H2,1-2H3/t25-,28+/m0/s1. The first-order valence-electron chi connectivity index (χ1n) is 13.1. The number of thiophene rings is 1. The van der Waals surface area contributed by atoms with Crippen LogP contribution in [0, 0.1) is 6.92 Å². The molecule has 0 fully saturated rings. The summed E-state index contributed by atoms with van der Waals surface area (Å²) in [6.45, 7) is 7.34. The van der Waals surface area contributed by atoms with Crippen LogP contribution in [0.15, 0.2) is 66.0 Å². The number of hydrogen-bond donors (Lipinski definition) is 1. The maximum absolute atomic E-state index is 13.6. The molecule has 2 aromatic carbocycles. The van der Waals surface area contributed by atoms with Crippen LogP contribution < -0.4 is 4.74 Å². The van der Waals surface area contributed by atoms with Crippen molar-refractivity contribution in [2.75, 3.05) is 39.4 Å². The molecule has 6 nitrogen and oxygen atoms in total. The molecule has 1 N–H and O–H groups in total. The highest BCUT2D eigenvalue weighted by atomic mass is 32.1. The molecule has 2 atom stereocenters. The Morgan fingerprint density at radius 1 is 1.19 bits per heavy atom. The molecule has 0 bridgehead atoms. The number of ether oxygens (including phenoxy) is 2. The first-order chi connectivity index (χ1) is 18.0. The zero-order valence-electron chi connectivity index (χ0n) is 21.8. The van der Waals surface area contributed by atoms with E-state index < -0.39 is 6.10 Å². The van der Waals surface area contributed by atoms with Crippen LogP contribution in [-0.4, -0.2) is 66.3 Å². The van der Waals surface area contributed by atoms with Gasteiger partial charge in [0, 0.05) is 18.0 Å². The van der Waals surface area contributed by atoms with E-state index in [0.717, 1.165) is 36.3 Å². The molecule has 0 unspecified atom stereocenters. The molecule has 0 saturated heterocycles. The summed E-state index contributed by atoms with van der Waals surface area (Å²) >= 11 is 1.75. The molecule has 2 heterocycles. The van der Waals surface area contributed by atoms with Crippen LogP contribution in [0.5, 0.6) is 5.75 Å². The van der Waals surface area contributed by atoms with Crippen LogP contribution in [0.1, 0.15) is 41.0 Å². The number of carbonyl (C=O) groups is 1. The van der Waals surface area contributed by atoms with E-state index in [4.69, 9.17) is 9.47 Å². The van der Waals surface area contributed by atoms with Crippen LogP contribution in [0.25, 0.3) is 0 Å². The summed E-state index contributed by atoms with van der Waals surface area (Å²) < 4.78 is 11.9. The molecule has 1 aliphatic heterocycles. The van der Waals surface area contributed by atoms with Crippen LogP contribution in [0.3, 0.4) is 0 Å². The van der Waals surface area contributed by atoms with E-state index in [0.29, 0.717) is 26.3 Å². The van der Waals surface area contributed by atoms with Crippen molar-refractivity contribution in [1.82, 2.24) is 9.80 Å². The smallest absolute Gasteiger partial charge is 0.237 e. The fourth-order valence-electron chi connectivity index (χ4n) is 4.83. The van der Waals surface area contributed by atoms with Gasteiger partial charge in [0.15, 0.2) is 0 Å². The summed E-state index contributed by atoms with van der Waals surface area (Å²) in [5.41, 5.74) is 3.41. The van der Waals surface area contributed by atoms with Crippen LogP contribution in [0.2, 0.25) is 0 Å². The highest BCUT2D eigenvalue weighted by Gasteiger charge is 2.33. The van der Waals surface area contributed by atoms with E-state index in [9.17, 15) is 9.90 Å². The summed E-state index contributed by atoms with van der Waals surface area (Å²) in [5, 5.41) is 12.7. The van der Waals surface area contributed by atoms with Gasteiger partial charge < -0.3 is 19.5 Å². The van der Waals surface area contributed by atoms with Crippen molar-refractivity contribution in [3.63, 3.8) is 0 Å². The lowest BCUT2D eigenvalue weighted by atomic mass is 10.0. The number of hydrogen-bond acceptors (Lipinski definition) is 6. The zero-order valence-corrected chi connectivity index (χ0v) is 22.7. The molecule has 37 heavy (non-hydrogen) atoms. The van der Waals surface area contributed by atoms with Crippen LogP contribution in [0.4, 0.5) is 0 Å². The fourth-order valence-corrected chi connectivity index (χ4v) is 5.75. The van der Waals surface area contributed by atoms with E-state index in [1.807, 2.05) is 71.3 Å². The van der Waals surface area contributed by atoms with Crippen LogP contribution >= 0.6 is 11.3 Å². The lowest BCUT2D eigenvalue weighted by molar-refractivity contribution is -0.136. The first-order valence-corrected chi connectivity index (χ1v) is 14.0.